The van der Waals surface area contributed by atoms with Crippen molar-refractivity contribution in [1.29, 1.82) is 0 Å². The van der Waals surface area contributed by atoms with Crippen LogP contribution in [0.25, 0.3) is 5.69 Å². The molecule has 3 heterocycles. The second kappa shape index (κ2) is 8.91. The van der Waals surface area contributed by atoms with Gasteiger partial charge >= 0.3 is 0 Å². The van der Waals surface area contributed by atoms with E-state index >= 15 is 0 Å². The lowest BCUT2D eigenvalue weighted by atomic mass is 9.96. The van der Waals surface area contributed by atoms with Gasteiger partial charge in [-0.15, -0.1) is 0 Å². The van der Waals surface area contributed by atoms with Crippen LogP contribution in [0.15, 0.2) is 79.0 Å². The number of thiocarbonyl (C=S) groups is 1. The summed E-state index contributed by atoms with van der Waals surface area (Å²) in [7, 11) is 1.65. The van der Waals surface area contributed by atoms with Crippen LogP contribution in [0.2, 0.25) is 0 Å². The number of nitrogens with zero attached hydrogens (tertiary/aromatic N) is 3. The third-order valence-corrected chi connectivity index (χ3v) is 6.60. The molecule has 1 N–H and O–H groups in total. The third kappa shape index (κ3) is 3.82. The lowest BCUT2D eigenvalue weighted by Crippen LogP contribution is -2.29. The summed E-state index contributed by atoms with van der Waals surface area (Å²) >= 11 is 5.84. The number of methoxy groups -OCH3 is 1. The zero-order valence-electron chi connectivity index (χ0n) is 19.2. The minimum atomic E-state index is -0.264. The summed E-state index contributed by atoms with van der Waals surface area (Å²) in [5.74, 6) is 0.491. The Morgan fingerprint density at radius 2 is 1.76 bits per heavy atom. The van der Waals surface area contributed by atoms with Gasteiger partial charge in [-0.2, -0.15) is 0 Å². The Morgan fingerprint density at radius 1 is 0.971 bits per heavy atom. The fourth-order valence-electron chi connectivity index (χ4n) is 4.81. The normalized spacial score (nSPS) is 17.6. The van der Waals surface area contributed by atoms with Gasteiger partial charge in [-0.3, -0.25) is 4.98 Å². The Kier molecular flexibility index (Phi) is 5.79. The van der Waals surface area contributed by atoms with Crippen molar-refractivity contribution in [3.63, 3.8) is 0 Å². The van der Waals surface area contributed by atoms with E-state index in [4.69, 9.17) is 17.0 Å². The average molecular weight is 473 g/mol. The van der Waals surface area contributed by atoms with Crippen LogP contribution in [0.1, 0.15) is 34.7 Å². The molecule has 0 amide bonds. The standard InChI is InChI=1S/C27H25FN4OS/c1-17-14-23(18(2)31(17)20-9-6-8-19(28)15-20)26-25(24-12-4-5-13-29-24)30-27(34)32(26)21-10-7-11-22(16-21)33-3/h4-16,25-26H,1-3H3,(H,30,34)/t25-,26-/m0/s1. The van der Waals surface area contributed by atoms with Crippen LogP contribution in [0.5, 0.6) is 5.75 Å². The summed E-state index contributed by atoms with van der Waals surface area (Å²) in [5, 5.41) is 4.11. The van der Waals surface area contributed by atoms with Crippen LogP contribution in [-0.2, 0) is 0 Å². The van der Waals surface area contributed by atoms with E-state index in [1.54, 1.807) is 25.4 Å². The number of nitrogens with one attached hydrogen (secondary N) is 1. The molecule has 2 aromatic carbocycles. The average Bonchev–Trinajstić information content (AvgIpc) is 3.34. The fraction of sp³-hybridized carbons (Fsp3) is 0.185. The lowest BCUT2D eigenvalue weighted by molar-refractivity contribution is 0.415. The molecule has 5 nitrogen and oxygen atoms in total. The van der Waals surface area contributed by atoms with Crippen molar-refractivity contribution in [2.45, 2.75) is 25.9 Å². The van der Waals surface area contributed by atoms with Crippen molar-refractivity contribution in [2.24, 2.45) is 0 Å². The molecule has 7 heteroatoms. The summed E-state index contributed by atoms with van der Waals surface area (Å²) in [6.07, 6.45) is 1.79. The molecule has 0 aliphatic carbocycles. The van der Waals surface area contributed by atoms with E-state index < -0.39 is 0 Å². The Bertz CT molecular complexity index is 1350. The van der Waals surface area contributed by atoms with E-state index in [1.807, 2.05) is 55.5 Å². The highest BCUT2D eigenvalue weighted by atomic mass is 32.1. The first-order valence-corrected chi connectivity index (χ1v) is 11.5. The van der Waals surface area contributed by atoms with E-state index in [1.165, 1.54) is 6.07 Å². The number of anilines is 1. The van der Waals surface area contributed by atoms with Gasteiger partial charge in [0.15, 0.2) is 5.11 Å². The number of benzene rings is 2. The number of aromatic nitrogens is 2. The van der Waals surface area contributed by atoms with Crippen molar-refractivity contribution in [2.75, 3.05) is 12.0 Å². The minimum Gasteiger partial charge on any atom is -0.497 e. The van der Waals surface area contributed by atoms with Gasteiger partial charge in [-0.05, 0) is 80.2 Å². The summed E-state index contributed by atoms with van der Waals surface area (Å²) < 4.78 is 21.6. The molecule has 4 aromatic rings. The van der Waals surface area contributed by atoms with Crippen LogP contribution in [0.4, 0.5) is 10.1 Å². The second-order valence-corrected chi connectivity index (χ2v) is 8.73. The maximum atomic E-state index is 14.0. The number of halogens is 1. The molecular formula is C27H25FN4OS. The molecule has 0 spiro atoms. The SMILES string of the molecule is COc1cccc(N2C(=S)N[C@@H](c3ccccn3)[C@@H]2c2cc(C)n(-c3cccc(F)c3)c2C)c1. The highest BCUT2D eigenvalue weighted by molar-refractivity contribution is 7.80. The molecule has 1 saturated heterocycles. The Morgan fingerprint density at radius 3 is 2.50 bits per heavy atom. The van der Waals surface area contributed by atoms with Crippen LogP contribution < -0.4 is 15.0 Å². The van der Waals surface area contributed by atoms with Crippen LogP contribution in [0.3, 0.4) is 0 Å². The largest absolute Gasteiger partial charge is 0.497 e. The quantitative estimate of drug-likeness (QED) is 0.371. The van der Waals surface area contributed by atoms with Gasteiger partial charge in [0.1, 0.15) is 11.6 Å². The first-order chi connectivity index (χ1) is 16.5. The zero-order chi connectivity index (χ0) is 23.8. The molecule has 0 saturated carbocycles. The van der Waals surface area contributed by atoms with E-state index in [0.717, 1.165) is 39.8 Å². The fourth-order valence-corrected chi connectivity index (χ4v) is 5.15. The summed E-state index contributed by atoms with van der Waals surface area (Å²) in [6, 6.07) is 22.3. The number of hydrogen-bond donors (Lipinski definition) is 1. The van der Waals surface area contributed by atoms with Crippen molar-refractivity contribution < 1.29 is 9.13 Å². The first-order valence-electron chi connectivity index (χ1n) is 11.1. The zero-order valence-corrected chi connectivity index (χ0v) is 20.0. The van der Waals surface area contributed by atoms with Crippen LogP contribution in [-0.4, -0.2) is 21.8 Å². The number of aryl methyl sites for hydroxylation is 1. The third-order valence-electron chi connectivity index (χ3n) is 6.28. The van der Waals surface area contributed by atoms with Crippen molar-refractivity contribution in [3.05, 3.63) is 107 Å². The predicted molar refractivity (Wildman–Crippen MR) is 136 cm³/mol. The van der Waals surface area contributed by atoms with Gasteiger partial charge < -0.3 is 19.5 Å². The van der Waals surface area contributed by atoms with E-state index in [-0.39, 0.29) is 17.9 Å². The van der Waals surface area contributed by atoms with Crippen LogP contribution >= 0.6 is 12.2 Å². The van der Waals surface area contributed by atoms with Gasteiger partial charge in [0.2, 0.25) is 0 Å². The molecule has 0 unspecified atom stereocenters. The maximum absolute atomic E-state index is 14.0. The smallest absolute Gasteiger partial charge is 0.174 e. The maximum Gasteiger partial charge on any atom is 0.174 e. The highest BCUT2D eigenvalue weighted by Gasteiger charge is 2.42. The molecule has 1 fully saturated rings. The van der Waals surface area contributed by atoms with E-state index in [9.17, 15) is 4.39 Å². The summed E-state index contributed by atoms with van der Waals surface area (Å²) in [5.41, 5.74) is 5.74. The van der Waals surface area contributed by atoms with E-state index in [2.05, 4.69) is 32.8 Å². The Labute approximate surface area is 203 Å². The molecular weight excluding hydrogens is 447 g/mol. The molecule has 2 aromatic heterocycles. The van der Waals surface area contributed by atoms with Crippen molar-refractivity contribution in [1.82, 2.24) is 14.9 Å². The van der Waals surface area contributed by atoms with E-state index in [0.29, 0.717) is 5.11 Å². The molecule has 2 atom stereocenters. The Hall–Kier alpha value is -3.71. The summed E-state index contributed by atoms with van der Waals surface area (Å²) in [6.45, 7) is 4.10. The number of rotatable bonds is 5. The highest BCUT2D eigenvalue weighted by Crippen LogP contribution is 2.44. The molecule has 0 bridgehead atoms. The van der Waals surface area contributed by atoms with Gasteiger partial charge in [-0.25, -0.2) is 4.39 Å². The topological polar surface area (TPSA) is 42.3 Å². The monoisotopic (exact) mass is 472 g/mol. The number of pyridine rings is 1. The number of ether oxygens (including phenoxy) is 1. The van der Waals surface area contributed by atoms with Gasteiger partial charge in [0, 0.05) is 35.0 Å². The predicted octanol–water partition coefficient (Wildman–Crippen LogP) is 5.81. The molecule has 34 heavy (non-hydrogen) atoms. The van der Waals surface area contributed by atoms with Crippen molar-refractivity contribution in [3.8, 4) is 11.4 Å². The number of hydrogen-bond acceptors (Lipinski definition) is 3. The van der Waals surface area contributed by atoms with Gasteiger partial charge in [0.25, 0.3) is 0 Å². The van der Waals surface area contributed by atoms with Gasteiger partial charge in [-0.1, -0.05) is 18.2 Å². The summed E-state index contributed by atoms with van der Waals surface area (Å²) in [4.78, 5) is 6.75. The lowest BCUT2D eigenvalue weighted by Gasteiger charge is -2.28. The molecule has 1 aliphatic rings. The van der Waals surface area contributed by atoms with Crippen molar-refractivity contribution >= 4 is 23.0 Å². The van der Waals surface area contributed by atoms with Gasteiger partial charge in [0.05, 0.1) is 24.9 Å². The minimum absolute atomic E-state index is 0.164. The second-order valence-electron chi connectivity index (χ2n) is 8.34. The Balaban J connectivity index is 1.69. The molecule has 5 rings (SSSR count). The molecule has 1 aliphatic heterocycles. The first kappa shape index (κ1) is 22.1. The molecule has 172 valence electrons. The molecule has 0 radical (unpaired) electrons. The van der Waals surface area contributed by atoms with Crippen LogP contribution in [0, 0.1) is 19.7 Å².